The van der Waals surface area contributed by atoms with E-state index in [0.29, 0.717) is 0 Å². The molecule has 0 atom stereocenters. The minimum absolute atomic E-state index is 0. The van der Waals surface area contributed by atoms with Crippen LogP contribution in [0.1, 0.15) is 20.8 Å². The van der Waals surface area contributed by atoms with E-state index in [2.05, 4.69) is 4.29 Å². The third-order valence-corrected chi connectivity index (χ3v) is 0.694. The van der Waals surface area contributed by atoms with E-state index in [0.717, 1.165) is 0 Å². The Morgan fingerprint density at radius 3 is 1.43 bits per heavy atom. The van der Waals surface area contributed by atoms with E-state index in [-0.39, 0.29) is 35.2 Å². The molecular weight excluding hydrogens is 122 g/mol. The summed E-state index contributed by atoms with van der Waals surface area (Å²) < 4.78 is 4.41. The molecule has 0 saturated heterocycles. The summed E-state index contributed by atoms with van der Waals surface area (Å²) in [7, 11) is 0. The van der Waals surface area contributed by atoms with Crippen molar-refractivity contribution >= 4 is 41.4 Å². The van der Waals surface area contributed by atoms with Crippen molar-refractivity contribution < 1.29 is 4.29 Å². The molecule has 3 heteroatoms. The number of rotatable bonds is 0. The summed E-state index contributed by atoms with van der Waals surface area (Å²) in [5, 5.41) is 0. The SMILES string of the molecule is CC(C)(C)OCl.[NaH]. The number of hydrogen-bond acceptors (Lipinski definition) is 1. The fourth-order valence-corrected chi connectivity index (χ4v) is 0. The molecule has 1 nitrogen and oxygen atoms in total. The van der Waals surface area contributed by atoms with Gasteiger partial charge >= 0.3 is 29.6 Å². The number of halogens is 1. The van der Waals surface area contributed by atoms with Crippen LogP contribution >= 0.6 is 11.9 Å². The van der Waals surface area contributed by atoms with Gasteiger partial charge in [0.2, 0.25) is 0 Å². The van der Waals surface area contributed by atoms with Gasteiger partial charge in [0.25, 0.3) is 0 Å². The van der Waals surface area contributed by atoms with Crippen LogP contribution in [0.4, 0.5) is 0 Å². The summed E-state index contributed by atoms with van der Waals surface area (Å²) in [5.74, 6) is 0. The molecule has 0 N–H and O–H groups in total. The normalized spacial score (nSPS) is 10.3. The van der Waals surface area contributed by atoms with Crippen molar-refractivity contribution in [1.29, 1.82) is 0 Å². The summed E-state index contributed by atoms with van der Waals surface area (Å²) in [6.07, 6.45) is 0. The van der Waals surface area contributed by atoms with Crippen molar-refractivity contribution in [3.63, 3.8) is 0 Å². The van der Waals surface area contributed by atoms with Crippen molar-refractivity contribution in [2.45, 2.75) is 26.4 Å². The Hall–Kier alpha value is 1.25. The summed E-state index contributed by atoms with van der Waals surface area (Å²) in [5.41, 5.74) is -0.193. The summed E-state index contributed by atoms with van der Waals surface area (Å²) in [6, 6.07) is 0. The summed E-state index contributed by atoms with van der Waals surface area (Å²) in [4.78, 5) is 0. The molecule has 0 aromatic rings. The molecule has 0 rings (SSSR count). The van der Waals surface area contributed by atoms with Crippen LogP contribution in [0.3, 0.4) is 0 Å². The Bertz CT molecular complexity index is 41.4. The summed E-state index contributed by atoms with van der Waals surface area (Å²) in [6.45, 7) is 5.67. The van der Waals surface area contributed by atoms with Crippen LogP contribution in [-0.2, 0) is 4.29 Å². The maximum absolute atomic E-state index is 4.98. The Balaban J connectivity index is 0. The first-order valence-corrected chi connectivity index (χ1v) is 2.17. The van der Waals surface area contributed by atoms with Gasteiger partial charge in [0, 0.05) is 0 Å². The van der Waals surface area contributed by atoms with Crippen LogP contribution in [0.25, 0.3) is 0 Å². The Labute approximate surface area is 71.8 Å². The van der Waals surface area contributed by atoms with Gasteiger partial charge in [-0.25, -0.2) is 0 Å². The standard InChI is InChI=1S/C4H9ClO.Na.H/c1-4(2,3)6-5;;/h1-3H3;;. The van der Waals surface area contributed by atoms with E-state index in [1.807, 2.05) is 20.8 Å². The van der Waals surface area contributed by atoms with Crippen molar-refractivity contribution in [2.75, 3.05) is 0 Å². The average Bonchev–Trinajstić information content (AvgIpc) is 1.35. The van der Waals surface area contributed by atoms with Crippen LogP contribution in [0.15, 0.2) is 0 Å². The zero-order valence-electron chi connectivity index (χ0n) is 4.29. The van der Waals surface area contributed by atoms with Crippen LogP contribution in [0, 0.1) is 0 Å². The average molecular weight is 133 g/mol. The quantitative estimate of drug-likeness (QED) is 0.452. The first-order valence-electron chi connectivity index (χ1n) is 1.86. The minimum atomic E-state index is -0.193. The fourth-order valence-electron chi connectivity index (χ4n) is 0. The van der Waals surface area contributed by atoms with Gasteiger partial charge in [-0.3, -0.25) is 4.29 Å². The molecule has 40 valence electrons. The molecule has 0 saturated carbocycles. The van der Waals surface area contributed by atoms with Gasteiger partial charge < -0.3 is 0 Å². The molecule has 0 aliphatic carbocycles. The molecule has 0 aliphatic heterocycles. The van der Waals surface area contributed by atoms with E-state index in [9.17, 15) is 0 Å². The Morgan fingerprint density at radius 2 is 1.43 bits per heavy atom. The van der Waals surface area contributed by atoms with Crippen molar-refractivity contribution in [3.8, 4) is 0 Å². The van der Waals surface area contributed by atoms with Gasteiger partial charge in [-0.2, -0.15) is 0 Å². The second kappa shape index (κ2) is 4.16. The third-order valence-electron chi connectivity index (χ3n) is 0.231. The van der Waals surface area contributed by atoms with Crippen LogP contribution < -0.4 is 0 Å². The maximum atomic E-state index is 4.98. The zero-order chi connectivity index (χ0) is 5.21. The van der Waals surface area contributed by atoms with Gasteiger partial charge in [-0.1, -0.05) is 0 Å². The number of hydrogen-bond donors (Lipinski definition) is 0. The molecule has 0 bridgehead atoms. The molecule has 0 unspecified atom stereocenters. The molecule has 0 fully saturated rings. The molecule has 0 heterocycles. The third kappa shape index (κ3) is 11.1. The van der Waals surface area contributed by atoms with Crippen molar-refractivity contribution in [1.82, 2.24) is 0 Å². The monoisotopic (exact) mass is 132 g/mol. The zero-order valence-corrected chi connectivity index (χ0v) is 5.04. The molecule has 0 aromatic carbocycles. The topological polar surface area (TPSA) is 9.23 Å². The van der Waals surface area contributed by atoms with Crippen LogP contribution in [0.2, 0.25) is 0 Å². The molecule has 0 spiro atoms. The molecule has 0 aliphatic rings. The van der Waals surface area contributed by atoms with Crippen LogP contribution in [0.5, 0.6) is 0 Å². The van der Waals surface area contributed by atoms with E-state index < -0.39 is 0 Å². The molecular formula is C4H10ClNaO. The van der Waals surface area contributed by atoms with E-state index >= 15 is 0 Å². The second-order valence-corrected chi connectivity index (χ2v) is 2.34. The van der Waals surface area contributed by atoms with Gasteiger partial charge in [0.1, 0.15) is 0 Å². The Kier molecular flexibility index (Phi) is 6.60. The van der Waals surface area contributed by atoms with Gasteiger partial charge in [-0.15, -0.1) is 0 Å². The second-order valence-electron chi connectivity index (χ2n) is 2.19. The van der Waals surface area contributed by atoms with E-state index in [1.54, 1.807) is 0 Å². The van der Waals surface area contributed by atoms with Gasteiger partial charge in [-0.05, 0) is 20.8 Å². The predicted octanol–water partition coefficient (Wildman–Crippen LogP) is 1.31. The van der Waals surface area contributed by atoms with Crippen LogP contribution in [-0.4, -0.2) is 35.2 Å². The predicted molar refractivity (Wildman–Crippen MR) is 33.8 cm³/mol. The molecule has 7 heavy (non-hydrogen) atoms. The Morgan fingerprint density at radius 1 is 1.29 bits per heavy atom. The van der Waals surface area contributed by atoms with Crippen molar-refractivity contribution in [2.24, 2.45) is 0 Å². The van der Waals surface area contributed by atoms with E-state index in [4.69, 9.17) is 11.9 Å². The fraction of sp³-hybridized carbons (Fsp3) is 1.00. The van der Waals surface area contributed by atoms with Crippen molar-refractivity contribution in [3.05, 3.63) is 0 Å². The van der Waals surface area contributed by atoms with Gasteiger partial charge in [0.05, 0.1) is 17.5 Å². The summed E-state index contributed by atoms with van der Waals surface area (Å²) >= 11 is 4.98. The van der Waals surface area contributed by atoms with E-state index in [1.165, 1.54) is 0 Å². The first kappa shape index (κ1) is 11.1. The molecule has 0 radical (unpaired) electrons. The van der Waals surface area contributed by atoms with Gasteiger partial charge in [0.15, 0.2) is 0 Å². The molecule has 0 amide bonds. The molecule has 0 aromatic heterocycles. The first-order chi connectivity index (χ1) is 2.56.